The Bertz CT molecular complexity index is 517. The summed E-state index contributed by atoms with van der Waals surface area (Å²) in [6.45, 7) is 4.59. The van der Waals surface area contributed by atoms with E-state index in [1.165, 1.54) is 12.8 Å². The minimum atomic E-state index is 0.602. The van der Waals surface area contributed by atoms with Crippen LogP contribution in [0.4, 0.5) is 0 Å². The molecular formula is C16H19NO. The molecule has 2 heteroatoms. The molecule has 1 fully saturated rings. The van der Waals surface area contributed by atoms with Crippen LogP contribution in [0.2, 0.25) is 0 Å². The number of aromatic nitrogens is 1. The van der Waals surface area contributed by atoms with E-state index in [1.54, 1.807) is 0 Å². The highest BCUT2D eigenvalue weighted by molar-refractivity contribution is 5.52. The van der Waals surface area contributed by atoms with Crippen LogP contribution in [0.15, 0.2) is 40.9 Å². The lowest BCUT2D eigenvalue weighted by atomic mass is 10.0. The van der Waals surface area contributed by atoms with E-state index >= 15 is 0 Å². The third kappa shape index (κ3) is 2.07. The van der Waals surface area contributed by atoms with Crippen LogP contribution < -0.4 is 0 Å². The molecule has 0 saturated heterocycles. The summed E-state index contributed by atoms with van der Waals surface area (Å²) in [7, 11) is 0. The van der Waals surface area contributed by atoms with Crippen molar-refractivity contribution < 1.29 is 4.42 Å². The van der Waals surface area contributed by atoms with E-state index in [1.807, 2.05) is 36.5 Å². The first kappa shape index (κ1) is 11.5. The first-order valence-electron chi connectivity index (χ1n) is 6.80. The van der Waals surface area contributed by atoms with Crippen LogP contribution >= 0.6 is 0 Å². The maximum atomic E-state index is 5.91. The maximum absolute atomic E-state index is 5.91. The van der Waals surface area contributed by atoms with Gasteiger partial charge in [-0.15, -0.1) is 0 Å². The average Bonchev–Trinajstić information content (AvgIpc) is 3.08. The lowest BCUT2D eigenvalue weighted by Crippen LogP contribution is -1.95. The lowest BCUT2D eigenvalue weighted by molar-refractivity contribution is 0.452. The van der Waals surface area contributed by atoms with Crippen molar-refractivity contribution in [3.05, 3.63) is 42.3 Å². The molecule has 0 spiro atoms. The predicted molar refractivity (Wildman–Crippen MR) is 72.2 cm³/mol. The van der Waals surface area contributed by atoms with E-state index in [0.717, 1.165) is 29.1 Å². The summed E-state index contributed by atoms with van der Waals surface area (Å²) in [4.78, 5) is 4.40. The summed E-state index contributed by atoms with van der Waals surface area (Å²) >= 11 is 0. The molecule has 3 rings (SSSR count). The standard InChI is InChI=1S/C16H19NO/c1-3-11(2)13-9-14(13)15-10-17-16(18-15)12-7-5-4-6-8-12/h4-8,10-11,13-14H,3,9H2,1-2H3/t11?,13-,14+/m0/s1. The fourth-order valence-electron chi connectivity index (χ4n) is 2.65. The van der Waals surface area contributed by atoms with Crippen LogP contribution in [0, 0.1) is 11.8 Å². The molecule has 1 aliphatic carbocycles. The highest BCUT2D eigenvalue weighted by Crippen LogP contribution is 2.53. The molecule has 0 amide bonds. The molecular weight excluding hydrogens is 222 g/mol. The SMILES string of the molecule is CCC(C)[C@@H]1C[C@H]1c1cnc(-c2ccccc2)o1. The number of nitrogens with zero attached hydrogens (tertiary/aromatic N) is 1. The molecule has 0 bridgehead atoms. The van der Waals surface area contributed by atoms with Gasteiger partial charge in [-0.05, 0) is 30.4 Å². The van der Waals surface area contributed by atoms with Gasteiger partial charge < -0.3 is 4.42 Å². The van der Waals surface area contributed by atoms with Crippen molar-refractivity contribution in [2.24, 2.45) is 11.8 Å². The second kappa shape index (κ2) is 4.60. The van der Waals surface area contributed by atoms with E-state index in [4.69, 9.17) is 4.42 Å². The quantitative estimate of drug-likeness (QED) is 0.788. The Balaban J connectivity index is 1.76. The Kier molecular flexibility index (Phi) is 2.94. The Morgan fingerprint density at radius 1 is 1.33 bits per heavy atom. The van der Waals surface area contributed by atoms with E-state index in [0.29, 0.717) is 5.92 Å². The van der Waals surface area contributed by atoms with Crippen LogP contribution in [0.1, 0.15) is 38.4 Å². The normalized spacial score (nSPS) is 23.9. The Hall–Kier alpha value is -1.57. The first-order valence-corrected chi connectivity index (χ1v) is 6.80. The number of benzene rings is 1. The van der Waals surface area contributed by atoms with Gasteiger partial charge in [-0.3, -0.25) is 0 Å². The van der Waals surface area contributed by atoms with Crippen molar-refractivity contribution in [2.75, 3.05) is 0 Å². The fraction of sp³-hybridized carbons (Fsp3) is 0.438. The smallest absolute Gasteiger partial charge is 0.226 e. The van der Waals surface area contributed by atoms with Gasteiger partial charge in [-0.2, -0.15) is 0 Å². The molecule has 1 aliphatic rings. The zero-order chi connectivity index (χ0) is 12.5. The van der Waals surface area contributed by atoms with Crippen molar-refractivity contribution in [1.29, 1.82) is 0 Å². The summed E-state index contributed by atoms with van der Waals surface area (Å²) in [6.07, 6.45) is 4.43. The second-order valence-electron chi connectivity index (χ2n) is 5.33. The van der Waals surface area contributed by atoms with E-state index in [2.05, 4.69) is 18.8 Å². The topological polar surface area (TPSA) is 26.0 Å². The van der Waals surface area contributed by atoms with Crippen molar-refractivity contribution in [3.63, 3.8) is 0 Å². The number of oxazole rings is 1. The van der Waals surface area contributed by atoms with Gasteiger partial charge in [-0.25, -0.2) is 4.98 Å². The van der Waals surface area contributed by atoms with E-state index in [-0.39, 0.29) is 0 Å². The molecule has 3 atom stereocenters. The van der Waals surface area contributed by atoms with E-state index < -0.39 is 0 Å². The first-order chi connectivity index (χ1) is 8.79. The van der Waals surface area contributed by atoms with Crippen molar-refractivity contribution in [1.82, 2.24) is 4.98 Å². The van der Waals surface area contributed by atoms with Crippen molar-refractivity contribution in [3.8, 4) is 11.5 Å². The third-order valence-electron chi connectivity index (χ3n) is 4.12. The van der Waals surface area contributed by atoms with Gasteiger partial charge in [0.2, 0.25) is 5.89 Å². The minimum absolute atomic E-state index is 0.602. The number of rotatable bonds is 4. The van der Waals surface area contributed by atoms with Crippen LogP contribution in [0.3, 0.4) is 0 Å². The zero-order valence-electron chi connectivity index (χ0n) is 11.0. The predicted octanol–water partition coefficient (Wildman–Crippen LogP) is 4.49. The van der Waals surface area contributed by atoms with Crippen LogP contribution in [-0.4, -0.2) is 4.98 Å². The van der Waals surface area contributed by atoms with Gasteiger partial charge in [-0.1, -0.05) is 38.5 Å². The minimum Gasteiger partial charge on any atom is -0.441 e. The maximum Gasteiger partial charge on any atom is 0.226 e. The lowest BCUT2D eigenvalue weighted by Gasteiger charge is -2.05. The van der Waals surface area contributed by atoms with Gasteiger partial charge in [0.05, 0.1) is 6.20 Å². The van der Waals surface area contributed by atoms with Gasteiger partial charge in [0.25, 0.3) is 0 Å². The van der Waals surface area contributed by atoms with Crippen molar-refractivity contribution in [2.45, 2.75) is 32.6 Å². The van der Waals surface area contributed by atoms with Crippen molar-refractivity contribution >= 4 is 0 Å². The Labute approximate surface area is 108 Å². The molecule has 1 aromatic heterocycles. The summed E-state index contributed by atoms with van der Waals surface area (Å²) in [5, 5.41) is 0. The molecule has 2 nitrogen and oxygen atoms in total. The fourth-order valence-corrected chi connectivity index (χ4v) is 2.65. The molecule has 0 aliphatic heterocycles. The highest BCUT2D eigenvalue weighted by Gasteiger charge is 2.43. The number of hydrogen-bond donors (Lipinski definition) is 0. The average molecular weight is 241 g/mol. The van der Waals surface area contributed by atoms with Gasteiger partial charge >= 0.3 is 0 Å². The molecule has 94 valence electrons. The molecule has 1 unspecified atom stereocenters. The van der Waals surface area contributed by atoms with Gasteiger partial charge in [0.15, 0.2) is 0 Å². The van der Waals surface area contributed by atoms with Crippen LogP contribution in [0.5, 0.6) is 0 Å². The summed E-state index contributed by atoms with van der Waals surface area (Å²) < 4.78 is 5.91. The zero-order valence-corrected chi connectivity index (χ0v) is 11.0. The van der Waals surface area contributed by atoms with Gasteiger partial charge in [0.1, 0.15) is 5.76 Å². The molecule has 1 heterocycles. The Morgan fingerprint density at radius 3 is 2.83 bits per heavy atom. The monoisotopic (exact) mass is 241 g/mol. The summed E-state index contributed by atoms with van der Waals surface area (Å²) in [5.41, 5.74) is 1.06. The third-order valence-corrected chi connectivity index (χ3v) is 4.12. The van der Waals surface area contributed by atoms with Crippen LogP contribution in [0.25, 0.3) is 11.5 Å². The summed E-state index contributed by atoms with van der Waals surface area (Å²) in [5.74, 6) is 4.01. The van der Waals surface area contributed by atoms with E-state index in [9.17, 15) is 0 Å². The molecule has 0 radical (unpaired) electrons. The molecule has 2 aromatic rings. The van der Waals surface area contributed by atoms with Crippen LogP contribution in [-0.2, 0) is 0 Å². The largest absolute Gasteiger partial charge is 0.441 e. The molecule has 18 heavy (non-hydrogen) atoms. The summed E-state index contributed by atoms with van der Waals surface area (Å²) in [6, 6.07) is 10.1. The highest BCUT2D eigenvalue weighted by atomic mass is 16.4. The molecule has 0 N–H and O–H groups in total. The van der Waals surface area contributed by atoms with Gasteiger partial charge in [0, 0.05) is 11.5 Å². The second-order valence-corrected chi connectivity index (χ2v) is 5.33. The molecule has 1 saturated carbocycles. The number of hydrogen-bond acceptors (Lipinski definition) is 2. The Morgan fingerprint density at radius 2 is 2.11 bits per heavy atom. The molecule has 1 aromatic carbocycles.